The van der Waals surface area contributed by atoms with Crippen LogP contribution in [-0.2, 0) is 9.59 Å². The van der Waals surface area contributed by atoms with E-state index in [9.17, 15) is 9.59 Å². The number of allylic oxidation sites excluding steroid dienone is 3. The summed E-state index contributed by atoms with van der Waals surface area (Å²) in [4.78, 5) is 30.6. The third-order valence-electron chi connectivity index (χ3n) is 5.33. The lowest BCUT2D eigenvalue weighted by Crippen LogP contribution is -2.35. The Balaban J connectivity index is 1.79. The number of carbonyl (C=O) groups excluding carboxylic acids is 2. The molecule has 0 bridgehead atoms. The standard InChI is InChI=1S/C23H22ClN3O2/c1-13-6-3-11-19(25-13)27-23(29)20-14(2)26-17-9-5-10-18(28)22(17)21(20)15-7-4-8-16(24)12-15/h3-4,6-8,11-12,21,26H,5,9-10H2,1-2H3,(H,25,27,29). The predicted molar refractivity (Wildman–Crippen MR) is 114 cm³/mol. The van der Waals surface area contributed by atoms with Crippen LogP contribution in [0.1, 0.15) is 43.4 Å². The van der Waals surface area contributed by atoms with Crippen LogP contribution in [0, 0.1) is 6.92 Å². The first-order valence-corrected chi connectivity index (χ1v) is 10.1. The van der Waals surface area contributed by atoms with Crippen molar-refractivity contribution in [1.82, 2.24) is 10.3 Å². The molecule has 1 aliphatic carbocycles. The summed E-state index contributed by atoms with van der Waals surface area (Å²) in [6, 6.07) is 12.8. The van der Waals surface area contributed by atoms with Gasteiger partial charge in [-0.15, -0.1) is 0 Å². The molecule has 1 unspecified atom stereocenters. The Morgan fingerprint density at radius 1 is 1.17 bits per heavy atom. The highest BCUT2D eigenvalue weighted by atomic mass is 35.5. The zero-order chi connectivity index (χ0) is 20.5. The van der Waals surface area contributed by atoms with Gasteiger partial charge in [-0.2, -0.15) is 0 Å². The molecular formula is C23H22ClN3O2. The van der Waals surface area contributed by atoms with E-state index >= 15 is 0 Å². The molecule has 1 aliphatic heterocycles. The summed E-state index contributed by atoms with van der Waals surface area (Å²) in [5.41, 5.74) is 4.50. The number of nitrogens with zero attached hydrogens (tertiary/aromatic N) is 1. The van der Waals surface area contributed by atoms with Gasteiger partial charge in [-0.3, -0.25) is 9.59 Å². The van der Waals surface area contributed by atoms with Gasteiger partial charge in [-0.1, -0.05) is 29.8 Å². The summed E-state index contributed by atoms with van der Waals surface area (Å²) in [6.07, 6.45) is 2.10. The lowest BCUT2D eigenvalue weighted by molar-refractivity contribution is -0.116. The van der Waals surface area contributed by atoms with Gasteiger partial charge < -0.3 is 10.6 Å². The maximum atomic E-state index is 13.3. The predicted octanol–water partition coefficient (Wildman–Crippen LogP) is 4.65. The Kier molecular flexibility index (Phi) is 5.24. The summed E-state index contributed by atoms with van der Waals surface area (Å²) >= 11 is 6.24. The highest BCUT2D eigenvalue weighted by Gasteiger charge is 2.38. The van der Waals surface area contributed by atoms with Gasteiger partial charge in [0, 0.05) is 45.6 Å². The van der Waals surface area contributed by atoms with Crippen LogP contribution in [-0.4, -0.2) is 16.7 Å². The third-order valence-corrected chi connectivity index (χ3v) is 5.57. The first-order valence-electron chi connectivity index (χ1n) is 9.68. The maximum absolute atomic E-state index is 13.3. The molecule has 2 N–H and O–H groups in total. The number of ketones is 1. The monoisotopic (exact) mass is 407 g/mol. The molecule has 4 rings (SSSR count). The van der Waals surface area contributed by atoms with Crippen LogP contribution < -0.4 is 10.6 Å². The molecule has 1 amide bonds. The van der Waals surface area contributed by atoms with Gasteiger partial charge in [0.05, 0.1) is 0 Å². The van der Waals surface area contributed by atoms with E-state index in [1.54, 1.807) is 12.1 Å². The van der Waals surface area contributed by atoms with E-state index in [2.05, 4.69) is 15.6 Å². The van der Waals surface area contributed by atoms with E-state index in [1.165, 1.54) is 0 Å². The number of benzene rings is 1. The van der Waals surface area contributed by atoms with Crippen molar-refractivity contribution in [3.8, 4) is 0 Å². The van der Waals surface area contributed by atoms with E-state index in [4.69, 9.17) is 11.6 Å². The first kappa shape index (κ1) is 19.4. The lowest BCUT2D eigenvalue weighted by Gasteiger charge is -2.34. The van der Waals surface area contributed by atoms with Gasteiger partial charge >= 0.3 is 0 Å². The Morgan fingerprint density at radius 2 is 1.97 bits per heavy atom. The number of halogens is 1. The largest absolute Gasteiger partial charge is 0.362 e. The smallest absolute Gasteiger partial charge is 0.255 e. The Hall–Kier alpha value is -2.92. The average molecular weight is 408 g/mol. The number of rotatable bonds is 3. The Bertz CT molecular complexity index is 1070. The fourth-order valence-electron chi connectivity index (χ4n) is 4.10. The van der Waals surface area contributed by atoms with Crippen molar-refractivity contribution in [2.45, 2.75) is 39.0 Å². The molecular weight excluding hydrogens is 386 g/mol. The summed E-state index contributed by atoms with van der Waals surface area (Å²) in [5.74, 6) is -0.171. The minimum absolute atomic E-state index is 0.0789. The molecule has 29 heavy (non-hydrogen) atoms. The second-order valence-corrected chi connectivity index (χ2v) is 7.88. The van der Waals surface area contributed by atoms with E-state index in [-0.39, 0.29) is 11.7 Å². The fraction of sp³-hybridized carbons (Fsp3) is 0.261. The number of amides is 1. The van der Waals surface area contributed by atoms with Crippen LogP contribution in [0.3, 0.4) is 0 Å². The van der Waals surface area contributed by atoms with E-state index in [0.717, 1.165) is 35.5 Å². The van der Waals surface area contributed by atoms with Crippen LogP contribution in [0.5, 0.6) is 0 Å². The van der Waals surface area contributed by atoms with Crippen LogP contribution >= 0.6 is 11.6 Å². The quantitative estimate of drug-likeness (QED) is 0.776. The molecule has 5 nitrogen and oxygen atoms in total. The van der Waals surface area contributed by atoms with Crippen LogP contribution in [0.15, 0.2) is 65.0 Å². The number of hydrogen-bond acceptors (Lipinski definition) is 4. The Labute approximate surface area is 174 Å². The summed E-state index contributed by atoms with van der Waals surface area (Å²) < 4.78 is 0. The van der Waals surface area contributed by atoms with Crippen molar-refractivity contribution in [3.05, 3.63) is 81.3 Å². The fourth-order valence-corrected chi connectivity index (χ4v) is 4.30. The molecule has 0 radical (unpaired) electrons. The molecule has 0 saturated carbocycles. The number of Topliss-reactive ketones (excluding diaryl/α,β-unsaturated/α-hetero) is 1. The second-order valence-electron chi connectivity index (χ2n) is 7.44. The molecule has 0 saturated heterocycles. The SMILES string of the molecule is CC1=C(C(=O)Nc2cccc(C)n2)C(c2cccc(Cl)c2)C2=C(CCCC2=O)N1. The van der Waals surface area contributed by atoms with Crippen molar-refractivity contribution >= 4 is 29.1 Å². The third kappa shape index (κ3) is 3.83. The molecule has 1 aromatic heterocycles. The molecule has 0 spiro atoms. The molecule has 6 heteroatoms. The number of aromatic nitrogens is 1. The minimum atomic E-state index is -0.456. The van der Waals surface area contributed by atoms with Crippen molar-refractivity contribution in [3.63, 3.8) is 0 Å². The zero-order valence-corrected chi connectivity index (χ0v) is 17.1. The molecule has 148 valence electrons. The van der Waals surface area contributed by atoms with Gasteiger partial charge in [0.15, 0.2) is 5.78 Å². The molecule has 1 atom stereocenters. The number of nitrogens with one attached hydrogen (secondary N) is 2. The van der Waals surface area contributed by atoms with Crippen molar-refractivity contribution < 1.29 is 9.59 Å². The summed E-state index contributed by atoms with van der Waals surface area (Å²) in [5, 5.41) is 6.78. The van der Waals surface area contributed by atoms with Gasteiger partial charge in [0.1, 0.15) is 5.82 Å². The number of anilines is 1. The minimum Gasteiger partial charge on any atom is -0.362 e. The lowest BCUT2D eigenvalue weighted by atomic mass is 9.75. The van der Waals surface area contributed by atoms with Crippen molar-refractivity contribution in [2.75, 3.05) is 5.32 Å². The van der Waals surface area contributed by atoms with Gasteiger partial charge in [0.25, 0.3) is 5.91 Å². The first-order chi connectivity index (χ1) is 13.9. The van der Waals surface area contributed by atoms with Crippen molar-refractivity contribution in [1.29, 1.82) is 0 Å². The maximum Gasteiger partial charge on any atom is 0.255 e. The highest BCUT2D eigenvalue weighted by molar-refractivity contribution is 6.30. The number of pyridine rings is 1. The van der Waals surface area contributed by atoms with Crippen LogP contribution in [0.2, 0.25) is 5.02 Å². The van der Waals surface area contributed by atoms with Gasteiger partial charge in [0.2, 0.25) is 0 Å². The number of aryl methyl sites for hydroxylation is 1. The number of dihydropyridines is 1. The molecule has 0 fully saturated rings. The zero-order valence-electron chi connectivity index (χ0n) is 16.4. The summed E-state index contributed by atoms with van der Waals surface area (Å²) in [7, 11) is 0. The van der Waals surface area contributed by atoms with E-state index in [0.29, 0.717) is 28.4 Å². The van der Waals surface area contributed by atoms with Gasteiger partial charge in [-0.25, -0.2) is 4.98 Å². The normalized spacial score (nSPS) is 19.0. The highest BCUT2D eigenvalue weighted by Crippen LogP contribution is 2.42. The van der Waals surface area contributed by atoms with Crippen LogP contribution in [0.25, 0.3) is 0 Å². The van der Waals surface area contributed by atoms with Crippen molar-refractivity contribution in [2.24, 2.45) is 0 Å². The van der Waals surface area contributed by atoms with E-state index in [1.807, 2.05) is 44.2 Å². The number of hydrogen-bond donors (Lipinski definition) is 2. The number of carbonyl (C=O) groups is 2. The molecule has 2 heterocycles. The average Bonchev–Trinajstić information content (AvgIpc) is 2.67. The van der Waals surface area contributed by atoms with E-state index < -0.39 is 5.92 Å². The second kappa shape index (κ2) is 7.84. The Morgan fingerprint density at radius 3 is 2.72 bits per heavy atom. The molecule has 2 aromatic rings. The molecule has 1 aromatic carbocycles. The van der Waals surface area contributed by atoms with Gasteiger partial charge in [-0.05, 0) is 56.5 Å². The summed E-state index contributed by atoms with van der Waals surface area (Å²) in [6.45, 7) is 3.74. The molecule has 2 aliphatic rings. The van der Waals surface area contributed by atoms with Crippen LogP contribution in [0.4, 0.5) is 5.82 Å². The topological polar surface area (TPSA) is 71.1 Å².